The Hall–Kier alpha value is -2.81. The number of nitrogens with one attached hydrogen (secondary N) is 1. The van der Waals surface area contributed by atoms with Crippen LogP contribution in [0.2, 0.25) is 0 Å². The highest BCUT2D eigenvalue weighted by atomic mass is 79.9. The first-order valence-electron chi connectivity index (χ1n) is 7.96. The van der Waals surface area contributed by atoms with E-state index in [-0.39, 0.29) is 16.5 Å². The monoisotopic (exact) mass is 435 g/mol. The molecule has 2 aromatic carbocycles. The Morgan fingerprint density at radius 1 is 1.04 bits per heavy atom. The zero-order valence-corrected chi connectivity index (χ0v) is 16.8. The van der Waals surface area contributed by atoms with E-state index < -0.39 is 27.1 Å². The predicted molar refractivity (Wildman–Crippen MR) is 105 cm³/mol. The molecule has 2 aromatic rings. The van der Waals surface area contributed by atoms with Gasteiger partial charge in [-0.25, -0.2) is 0 Å². The van der Waals surface area contributed by atoms with Gasteiger partial charge in [0, 0.05) is 16.6 Å². The van der Waals surface area contributed by atoms with E-state index in [0.29, 0.717) is 10.2 Å². The summed E-state index contributed by atoms with van der Waals surface area (Å²) in [7, 11) is 0. The van der Waals surface area contributed by atoms with Crippen LogP contribution in [-0.2, 0) is 5.41 Å². The molecule has 27 heavy (non-hydrogen) atoms. The summed E-state index contributed by atoms with van der Waals surface area (Å²) in [6.45, 7) is 7.44. The fourth-order valence-corrected chi connectivity index (χ4v) is 2.95. The summed E-state index contributed by atoms with van der Waals surface area (Å²) in [4.78, 5) is 33.4. The second-order valence-corrected chi connectivity index (χ2v) is 7.91. The van der Waals surface area contributed by atoms with Crippen LogP contribution in [0, 0.1) is 27.2 Å². The number of carbonyl (C=O) groups excluding carboxylic acids is 1. The Morgan fingerprint density at radius 3 is 1.96 bits per heavy atom. The summed E-state index contributed by atoms with van der Waals surface area (Å²) in [5.41, 5.74) is 0.215. The van der Waals surface area contributed by atoms with E-state index in [1.807, 2.05) is 12.1 Å². The van der Waals surface area contributed by atoms with Crippen LogP contribution in [0.1, 0.15) is 42.3 Å². The number of carbonyl (C=O) groups is 1. The molecule has 0 aliphatic rings. The first-order valence-corrected chi connectivity index (χ1v) is 8.76. The van der Waals surface area contributed by atoms with Crippen molar-refractivity contribution in [2.24, 2.45) is 0 Å². The van der Waals surface area contributed by atoms with Crippen LogP contribution in [0.4, 0.5) is 17.1 Å². The van der Waals surface area contributed by atoms with Crippen molar-refractivity contribution >= 4 is 38.9 Å². The lowest BCUT2D eigenvalue weighted by Gasteiger charge is -2.20. The van der Waals surface area contributed by atoms with Crippen molar-refractivity contribution in [1.82, 2.24) is 0 Å². The Labute approximate surface area is 164 Å². The molecule has 0 unspecified atom stereocenters. The molecule has 0 radical (unpaired) electrons. The fraction of sp³-hybridized carbons (Fsp3) is 0.278. The molecule has 1 amide bonds. The second-order valence-electron chi connectivity index (χ2n) is 7.05. The minimum Gasteiger partial charge on any atom is -0.321 e. The summed E-state index contributed by atoms with van der Waals surface area (Å²) in [5.74, 6) is -0.676. The smallest absolute Gasteiger partial charge is 0.279 e. The molecule has 2 rings (SSSR count). The van der Waals surface area contributed by atoms with Crippen molar-refractivity contribution in [3.05, 3.63) is 71.7 Å². The Bertz CT molecular complexity index is 915. The summed E-state index contributed by atoms with van der Waals surface area (Å²) >= 11 is 3.40. The van der Waals surface area contributed by atoms with Crippen LogP contribution < -0.4 is 5.32 Å². The van der Waals surface area contributed by atoms with Crippen LogP contribution in [0.15, 0.2) is 34.8 Å². The molecular weight excluding hydrogens is 418 g/mol. The van der Waals surface area contributed by atoms with Gasteiger partial charge < -0.3 is 5.32 Å². The van der Waals surface area contributed by atoms with E-state index >= 15 is 0 Å². The first-order chi connectivity index (χ1) is 12.4. The number of halogens is 1. The number of benzene rings is 2. The topological polar surface area (TPSA) is 115 Å². The van der Waals surface area contributed by atoms with Gasteiger partial charge >= 0.3 is 0 Å². The van der Waals surface area contributed by atoms with Crippen molar-refractivity contribution in [2.75, 3.05) is 5.32 Å². The number of amides is 1. The van der Waals surface area contributed by atoms with Crippen LogP contribution in [0.25, 0.3) is 0 Å². The molecular formula is C18H18BrN3O5. The normalized spacial score (nSPS) is 11.1. The standard InChI is InChI=1S/C18H18BrN3O5/c1-10-15(21(24)25)7-11(8-16(10)22(26)27)17(23)20-14-6-5-12(9-13(14)19)18(2,3)4/h5-9H,1-4H3,(H,20,23). The number of hydrogen-bond donors (Lipinski definition) is 1. The van der Waals surface area contributed by atoms with Crippen molar-refractivity contribution in [3.8, 4) is 0 Å². The average Bonchev–Trinajstić information content (AvgIpc) is 2.55. The number of anilines is 1. The van der Waals surface area contributed by atoms with Crippen LogP contribution in [0.3, 0.4) is 0 Å². The third-order valence-electron chi connectivity index (χ3n) is 4.09. The second kappa shape index (κ2) is 7.43. The van der Waals surface area contributed by atoms with Crippen LogP contribution in [0.5, 0.6) is 0 Å². The molecule has 0 fully saturated rings. The summed E-state index contributed by atoms with van der Waals surface area (Å²) in [6, 6.07) is 7.51. The molecule has 0 aliphatic carbocycles. The third-order valence-corrected chi connectivity index (χ3v) is 4.75. The minimum absolute atomic E-state index is 0.0801. The highest BCUT2D eigenvalue weighted by Gasteiger charge is 2.25. The zero-order valence-electron chi connectivity index (χ0n) is 15.2. The van der Waals surface area contributed by atoms with E-state index in [0.717, 1.165) is 17.7 Å². The lowest BCUT2D eigenvalue weighted by molar-refractivity contribution is -0.395. The molecule has 0 bridgehead atoms. The molecule has 0 heterocycles. The Balaban J connectivity index is 2.42. The van der Waals surface area contributed by atoms with Crippen LogP contribution >= 0.6 is 15.9 Å². The molecule has 0 aliphatic heterocycles. The number of hydrogen-bond acceptors (Lipinski definition) is 5. The van der Waals surface area contributed by atoms with Gasteiger partial charge in [0.15, 0.2) is 0 Å². The predicted octanol–water partition coefficient (Wildman–Crippen LogP) is 5.12. The number of nitro benzene ring substituents is 2. The van der Waals surface area contributed by atoms with Crippen LogP contribution in [-0.4, -0.2) is 15.8 Å². The van der Waals surface area contributed by atoms with Gasteiger partial charge in [0.05, 0.1) is 21.1 Å². The fourth-order valence-electron chi connectivity index (χ4n) is 2.47. The van der Waals surface area contributed by atoms with Gasteiger partial charge in [-0.05, 0) is 46.0 Å². The van der Waals surface area contributed by atoms with Gasteiger partial charge in [-0.15, -0.1) is 0 Å². The third kappa shape index (κ3) is 4.48. The molecule has 1 N–H and O–H groups in total. The highest BCUT2D eigenvalue weighted by molar-refractivity contribution is 9.10. The number of nitro groups is 2. The zero-order chi connectivity index (χ0) is 20.5. The summed E-state index contributed by atoms with van der Waals surface area (Å²) < 4.78 is 0.638. The quantitative estimate of drug-likeness (QED) is 0.527. The largest absolute Gasteiger partial charge is 0.321 e. The molecule has 0 saturated heterocycles. The average molecular weight is 436 g/mol. The Kier molecular flexibility index (Phi) is 5.65. The molecule has 0 spiro atoms. The maximum atomic E-state index is 12.5. The molecule has 8 nitrogen and oxygen atoms in total. The van der Waals surface area contributed by atoms with Crippen molar-refractivity contribution in [2.45, 2.75) is 33.1 Å². The highest BCUT2D eigenvalue weighted by Crippen LogP contribution is 2.32. The van der Waals surface area contributed by atoms with Gasteiger partial charge in [0.1, 0.15) is 5.56 Å². The van der Waals surface area contributed by atoms with Gasteiger partial charge in [-0.1, -0.05) is 26.8 Å². The summed E-state index contributed by atoms with van der Waals surface area (Å²) in [5, 5.41) is 24.9. The number of nitrogens with zero attached hydrogens (tertiary/aromatic N) is 2. The van der Waals surface area contributed by atoms with E-state index in [2.05, 4.69) is 42.0 Å². The molecule has 0 atom stereocenters. The Morgan fingerprint density at radius 2 is 1.56 bits per heavy atom. The van der Waals surface area contributed by atoms with Crippen molar-refractivity contribution < 1.29 is 14.6 Å². The van der Waals surface area contributed by atoms with Crippen molar-refractivity contribution in [3.63, 3.8) is 0 Å². The number of rotatable bonds is 4. The van der Waals surface area contributed by atoms with Gasteiger partial charge in [0.25, 0.3) is 17.3 Å². The van der Waals surface area contributed by atoms with E-state index in [1.54, 1.807) is 6.07 Å². The maximum Gasteiger partial charge on any atom is 0.279 e. The summed E-state index contributed by atoms with van der Waals surface area (Å²) in [6.07, 6.45) is 0. The van der Waals surface area contributed by atoms with E-state index in [4.69, 9.17) is 0 Å². The SMILES string of the molecule is Cc1c([N+](=O)[O-])cc(C(=O)Nc2ccc(C(C)(C)C)cc2Br)cc1[N+](=O)[O-]. The lowest BCUT2D eigenvalue weighted by Crippen LogP contribution is -2.15. The molecule has 142 valence electrons. The minimum atomic E-state index is -0.743. The molecule has 0 saturated carbocycles. The van der Waals surface area contributed by atoms with E-state index in [1.165, 1.54) is 6.92 Å². The van der Waals surface area contributed by atoms with Gasteiger partial charge in [-0.3, -0.25) is 25.0 Å². The van der Waals surface area contributed by atoms with Crippen molar-refractivity contribution in [1.29, 1.82) is 0 Å². The molecule has 0 aromatic heterocycles. The van der Waals surface area contributed by atoms with Gasteiger partial charge in [0.2, 0.25) is 0 Å². The van der Waals surface area contributed by atoms with E-state index in [9.17, 15) is 25.0 Å². The molecule has 9 heteroatoms. The van der Waals surface area contributed by atoms with Gasteiger partial charge in [-0.2, -0.15) is 0 Å². The lowest BCUT2D eigenvalue weighted by atomic mass is 9.87. The maximum absolute atomic E-state index is 12.5. The first kappa shape index (κ1) is 20.5.